The Bertz CT molecular complexity index is 1200. The zero-order chi connectivity index (χ0) is 26.9. The monoisotopic (exact) mass is 502 g/mol. The highest BCUT2D eigenvalue weighted by Crippen LogP contribution is 2.23. The average molecular weight is 503 g/mol. The van der Waals surface area contributed by atoms with Gasteiger partial charge in [-0.25, -0.2) is 4.79 Å². The van der Waals surface area contributed by atoms with Gasteiger partial charge in [0, 0.05) is 18.3 Å². The fourth-order valence-corrected chi connectivity index (χ4v) is 4.14. The summed E-state index contributed by atoms with van der Waals surface area (Å²) < 4.78 is 10.3. The van der Waals surface area contributed by atoms with Crippen LogP contribution in [0.1, 0.15) is 36.7 Å². The predicted molar refractivity (Wildman–Crippen MR) is 145 cm³/mol. The topological polar surface area (TPSA) is 84.9 Å². The molecule has 0 radical (unpaired) electrons. The Balaban J connectivity index is 1.62. The van der Waals surface area contributed by atoms with Crippen LogP contribution in [-0.4, -0.2) is 49.5 Å². The Morgan fingerprint density at radius 2 is 1.43 bits per heavy atom. The van der Waals surface area contributed by atoms with Crippen molar-refractivity contribution >= 4 is 23.5 Å². The maximum absolute atomic E-state index is 13.0. The summed E-state index contributed by atoms with van der Waals surface area (Å²) in [6.45, 7) is 6.28. The number of hydrogen-bond donors (Lipinski definition) is 1. The number of likely N-dealkylation sites (N-methyl/N-ethyl adjacent to an activating group) is 1. The fourth-order valence-electron chi connectivity index (χ4n) is 4.14. The molecule has 0 aliphatic rings. The van der Waals surface area contributed by atoms with Gasteiger partial charge in [-0.1, -0.05) is 50.2 Å². The number of methoxy groups -OCH3 is 1. The summed E-state index contributed by atoms with van der Waals surface area (Å²) in [4.78, 5) is 39.0. The first kappa shape index (κ1) is 27.5. The van der Waals surface area contributed by atoms with E-state index < -0.39 is 12.0 Å². The molecule has 0 spiro atoms. The number of nitrogens with zero attached hydrogens (tertiary/aromatic N) is 1. The van der Waals surface area contributed by atoms with E-state index >= 15 is 0 Å². The molecule has 0 saturated carbocycles. The first-order chi connectivity index (χ1) is 17.7. The van der Waals surface area contributed by atoms with E-state index in [0.29, 0.717) is 17.9 Å². The number of benzene rings is 3. The first-order valence-corrected chi connectivity index (χ1v) is 12.3. The number of hydrogen-bond acceptors (Lipinski definition) is 5. The van der Waals surface area contributed by atoms with Crippen LogP contribution in [0.4, 0.5) is 5.69 Å². The number of esters is 1. The third-order valence-electron chi connectivity index (χ3n) is 6.04. The molecule has 37 heavy (non-hydrogen) atoms. The molecule has 0 bridgehead atoms. The van der Waals surface area contributed by atoms with E-state index in [4.69, 9.17) is 9.47 Å². The highest BCUT2D eigenvalue weighted by molar-refractivity contribution is 5.97. The molecule has 0 fully saturated rings. The van der Waals surface area contributed by atoms with Crippen molar-refractivity contribution in [2.45, 2.75) is 33.2 Å². The van der Waals surface area contributed by atoms with Gasteiger partial charge < -0.3 is 19.7 Å². The van der Waals surface area contributed by atoms with E-state index in [2.05, 4.69) is 5.32 Å². The van der Waals surface area contributed by atoms with Crippen LogP contribution in [0.15, 0.2) is 72.8 Å². The van der Waals surface area contributed by atoms with Crippen LogP contribution in [-0.2, 0) is 20.7 Å². The van der Waals surface area contributed by atoms with Gasteiger partial charge >= 0.3 is 5.97 Å². The third-order valence-corrected chi connectivity index (χ3v) is 6.04. The number of carbonyl (C=O) groups excluding carboxylic acids is 3. The molecule has 194 valence electrons. The number of carbonyl (C=O) groups is 3. The van der Waals surface area contributed by atoms with E-state index in [1.807, 2.05) is 81.4 Å². The molecule has 1 atom stereocenters. The Kier molecular flexibility index (Phi) is 9.44. The van der Waals surface area contributed by atoms with Gasteiger partial charge in [0.2, 0.25) is 5.91 Å². The average Bonchev–Trinajstić information content (AvgIpc) is 2.89. The molecule has 0 aliphatic carbocycles. The van der Waals surface area contributed by atoms with Gasteiger partial charge in [-0.2, -0.15) is 0 Å². The summed E-state index contributed by atoms with van der Waals surface area (Å²) in [7, 11) is 2.93. The van der Waals surface area contributed by atoms with Crippen LogP contribution < -0.4 is 10.1 Å². The zero-order valence-electron chi connectivity index (χ0n) is 22.0. The summed E-state index contributed by atoms with van der Waals surface area (Å²) >= 11 is 0. The maximum atomic E-state index is 13.0. The summed E-state index contributed by atoms with van der Waals surface area (Å²) in [5, 5.41) is 2.92. The number of anilines is 1. The summed E-state index contributed by atoms with van der Waals surface area (Å²) in [5.41, 5.74) is 3.98. The van der Waals surface area contributed by atoms with E-state index in [-0.39, 0.29) is 24.2 Å². The molecule has 7 nitrogen and oxygen atoms in total. The Labute approximate surface area is 218 Å². The molecule has 0 unspecified atom stereocenters. The van der Waals surface area contributed by atoms with Crippen molar-refractivity contribution < 1.29 is 23.9 Å². The van der Waals surface area contributed by atoms with Crippen LogP contribution >= 0.6 is 0 Å². The molecule has 0 aromatic heterocycles. The molecule has 3 aromatic carbocycles. The van der Waals surface area contributed by atoms with Crippen molar-refractivity contribution in [3.63, 3.8) is 0 Å². The second kappa shape index (κ2) is 12.7. The highest BCUT2D eigenvalue weighted by atomic mass is 16.5. The Hall–Kier alpha value is -4.13. The molecule has 1 N–H and O–H groups in total. The molecular formula is C30H34N2O5. The SMILES string of the molecule is CCOc1ccc(CC(=O)Nc2ccc(-c3ccc(C(=O)N(C)[C@H](C(=O)OC)C(C)C)cc3)cc2)cc1. The van der Waals surface area contributed by atoms with Crippen molar-refractivity contribution in [3.05, 3.63) is 83.9 Å². The largest absolute Gasteiger partial charge is 0.494 e. The van der Waals surface area contributed by atoms with Crippen LogP contribution in [0.25, 0.3) is 11.1 Å². The molecular weight excluding hydrogens is 468 g/mol. The smallest absolute Gasteiger partial charge is 0.328 e. The standard InChI is InChI=1S/C30H34N2O5/c1-6-37-26-17-7-21(8-18-26)19-27(33)31-25-15-13-23(14-16-25)22-9-11-24(12-10-22)29(34)32(4)28(20(2)3)30(35)36-5/h7-18,20,28H,6,19H2,1-5H3,(H,31,33)/t28-/m0/s1. The second-order valence-corrected chi connectivity index (χ2v) is 9.08. The Morgan fingerprint density at radius 3 is 1.95 bits per heavy atom. The highest BCUT2D eigenvalue weighted by Gasteiger charge is 2.31. The lowest BCUT2D eigenvalue weighted by atomic mass is 10.0. The minimum absolute atomic E-state index is 0.0828. The van der Waals surface area contributed by atoms with Crippen LogP contribution in [0, 0.1) is 5.92 Å². The van der Waals surface area contributed by atoms with E-state index in [1.54, 1.807) is 19.2 Å². The lowest BCUT2D eigenvalue weighted by molar-refractivity contribution is -0.147. The number of amides is 2. The molecule has 0 saturated heterocycles. The van der Waals surface area contributed by atoms with Crippen LogP contribution in [0.3, 0.4) is 0 Å². The van der Waals surface area contributed by atoms with Crippen molar-refractivity contribution in [2.24, 2.45) is 5.92 Å². The van der Waals surface area contributed by atoms with E-state index in [9.17, 15) is 14.4 Å². The van der Waals surface area contributed by atoms with E-state index in [0.717, 1.165) is 22.4 Å². The van der Waals surface area contributed by atoms with Crippen molar-refractivity contribution in [1.82, 2.24) is 4.90 Å². The van der Waals surface area contributed by atoms with Gasteiger partial charge in [-0.3, -0.25) is 9.59 Å². The molecule has 0 heterocycles. The number of rotatable bonds is 10. The maximum Gasteiger partial charge on any atom is 0.328 e. The van der Waals surface area contributed by atoms with Crippen LogP contribution in [0.5, 0.6) is 5.75 Å². The number of ether oxygens (including phenoxy) is 2. The van der Waals surface area contributed by atoms with Gasteiger partial charge in [-0.15, -0.1) is 0 Å². The quantitative estimate of drug-likeness (QED) is 0.385. The summed E-state index contributed by atoms with van der Waals surface area (Å²) in [6, 6.07) is 21.6. The van der Waals surface area contributed by atoms with Crippen molar-refractivity contribution in [2.75, 3.05) is 26.1 Å². The first-order valence-electron chi connectivity index (χ1n) is 12.3. The fraction of sp³-hybridized carbons (Fsp3) is 0.300. The Morgan fingerprint density at radius 1 is 0.865 bits per heavy atom. The summed E-state index contributed by atoms with van der Waals surface area (Å²) in [6.07, 6.45) is 0.270. The van der Waals surface area contributed by atoms with Crippen molar-refractivity contribution in [3.8, 4) is 16.9 Å². The molecule has 2 amide bonds. The predicted octanol–water partition coefficient (Wildman–Crippen LogP) is 5.20. The summed E-state index contributed by atoms with van der Waals surface area (Å²) in [5.74, 6) is -0.0841. The lowest BCUT2D eigenvalue weighted by Gasteiger charge is -2.29. The second-order valence-electron chi connectivity index (χ2n) is 9.08. The number of nitrogens with one attached hydrogen (secondary N) is 1. The minimum Gasteiger partial charge on any atom is -0.494 e. The van der Waals surface area contributed by atoms with Gasteiger partial charge in [0.25, 0.3) is 5.91 Å². The van der Waals surface area contributed by atoms with Gasteiger partial charge in [0.15, 0.2) is 0 Å². The van der Waals surface area contributed by atoms with E-state index in [1.165, 1.54) is 12.0 Å². The van der Waals surface area contributed by atoms with Gasteiger partial charge in [0.1, 0.15) is 11.8 Å². The van der Waals surface area contributed by atoms with Gasteiger partial charge in [0.05, 0.1) is 20.1 Å². The van der Waals surface area contributed by atoms with Crippen LogP contribution in [0.2, 0.25) is 0 Å². The van der Waals surface area contributed by atoms with Crippen molar-refractivity contribution in [1.29, 1.82) is 0 Å². The molecule has 0 aliphatic heterocycles. The minimum atomic E-state index is -0.658. The molecule has 3 aromatic rings. The normalized spacial score (nSPS) is 11.5. The third kappa shape index (κ3) is 7.19. The zero-order valence-corrected chi connectivity index (χ0v) is 22.0. The molecule has 7 heteroatoms. The lowest BCUT2D eigenvalue weighted by Crippen LogP contribution is -2.46. The molecule has 3 rings (SSSR count). The van der Waals surface area contributed by atoms with Gasteiger partial charge in [-0.05, 0) is 65.9 Å².